The summed E-state index contributed by atoms with van der Waals surface area (Å²) >= 11 is 0. The molecule has 1 rings (SSSR count). The van der Waals surface area contributed by atoms with Gasteiger partial charge in [0.1, 0.15) is 5.75 Å². The van der Waals surface area contributed by atoms with Crippen LogP contribution in [0.5, 0.6) is 5.75 Å². The lowest BCUT2D eigenvalue weighted by atomic mass is 10.2. The van der Waals surface area contributed by atoms with Gasteiger partial charge >= 0.3 is 0 Å². The summed E-state index contributed by atoms with van der Waals surface area (Å²) in [6.45, 7) is 2.49. The Kier molecular flexibility index (Phi) is 5.04. The van der Waals surface area contributed by atoms with Gasteiger partial charge in [0.15, 0.2) is 0 Å². The van der Waals surface area contributed by atoms with Crippen LogP contribution in [-0.2, 0) is 6.42 Å². The number of aryl methyl sites for hydroxylation is 1. The fourth-order valence-corrected chi connectivity index (χ4v) is 1.28. The van der Waals surface area contributed by atoms with Crippen molar-refractivity contribution in [2.75, 3.05) is 19.8 Å². The number of nitrogens with two attached hydrogens (primary N) is 1. The summed E-state index contributed by atoms with van der Waals surface area (Å²) < 4.78 is 17.3. The van der Waals surface area contributed by atoms with Crippen LogP contribution in [0.15, 0.2) is 12.1 Å². The zero-order valence-corrected chi connectivity index (χ0v) is 9.00. The lowest BCUT2D eigenvalue weighted by Crippen LogP contribution is -2.08. The highest BCUT2D eigenvalue weighted by Crippen LogP contribution is 2.17. The largest absolute Gasteiger partial charge is 0.492 e. The highest BCUT2D eigenvalue weighted by molar-refractivity contribution is 5.29. The first kappa shape index (κ1) is 11.9. The van der Waals surface area contributed by atoms with Crippen molar-refractivity contribution in [3.63, 3.8) is 0 Å². The van der Waals surface area contributed by atoms with Crippen LogP contribution in [0.2, 0.25) is 0 Å². The maximum Gasteiger partial charge on any atom is 0.140 e. The van der Waals surface area contributed by atoms with Crippen molar-refractivity contribution < 1.29 is 9.13 Å². The van der Waals surface area contributed by atoms with Crippen molar-refractivity contribution in [1.29, 1.82) is 0 Å². The summed E-state index contributed by atoms with van der Waals surface area (Å²) in [6.07, 6.45) is 1.10. The highest BCUT2D eigenvalue weighted by atomic mass is 19.1. The predicted molar refractivity (Wildman–Crippen MR) is 57.8 cm³/mol. The number of hydrogen-bond donors (Lipinski definition) is 1. The van der Waals surface area contributed by atoms with Crippen molar-refractivity contribution >= 4 is 0 Å². The molecule has 0 aliphatic rings. The van der Waals surface area contributed by atoms with Gasteiger partial charge in [-0.15, -0.1) is 0 Å². The minimum atomic E-state index is -0.356. The van der Waals surface area contributed by atoms with E-state index >= 15 is 0 Å². The first-order chi connectivity index (χ1) is 7.27. The minimum Gasteiger partial charge on any atom is -0.492 e. The summed E-state index contributed by atoms with van der Waals surface area (Å²) in [7, 11) is 0. The van der Waals surface area contributed by atoms with E-state index in [1.54, 1.807) is 0 Å². The summed E-state index contributed by atoms with van der Waals surface area (Å²) in [4.78, 5) is 4.34. The van der Waals surface area contributed by atoms with E-state index in [9.17, 15) is 4.39 Å². The molecule has 0 saturated heterocycles. The lowest BCUT2D eigenvalue weighted by Gasteiger charge is -2.10. The molecular formula is C11H17FN2O. The van der Waals surface area contributed by atoms with Gasteiger partial charge < -0.3 is 10.5 Å². The van der Waals surface area contributed by atoms with Gasteiger partial charge in [-0.3, -0.25) is 9.37 Å². The Morgan fingerprint density at radius 2 is 2.27 bits per heavy atom. The fraction of sp³-hybridized carbons (Fsp3) is 0.545. The molecule has 0 fully saturated rings. The molecule has 0 amide bonds. The Hall–Kier alpha value is -1.16. The third-order valence-corrected chi connectivity index (χ3v) is 1.99. The number of nitrogens with zero attached hydrogens (tertiary/aromatic N) is 1. The predicted octanol–water partition coefficient (Wildman–Crippen LogP) is 1.63. The van der Waals surface area contributed by atoms with Crippen LogP contribution in [0.25, 0.3) is 0 Å². The van der Waals surface area contributed by atoms with Gasteiger partial charge in [-0.25, -0.2) is 0 Å². The van der Waals surface area contributed by atoms with Gasteiger partial charge in [0.25, 0.3) is 0 Å². The van der Waals surface area contributed by atoms with E-state index in [-0.39, 0.29) is 6.67 Å². The molecule has 0 bridgehead atoms. The summed E-state index contributed by atoms with van der Waals surface area (Å²) in [5.41, 5.74) is 7.28. The van der Waals surface area contributed by atoms with E-state index in [0.29, 0.717) is 26.0 Å². The normalized spacial score (nSPS) is 10.3. The van der Waals surface area contributed by atoms with E-state index in [1.165, 1.54) is 0 Å². The Morgan fingerprint density at radius 1 is 1.47 bits per heavy atom. The Bertz CT molecular complexity index is 305. The summed E-state index contributed by atoms with van der Waals surface area (Å²) in [5.74, 6) is 0.722. The molecule has 0 aromatic carbocycles. The molecule has 2 N–H and O–H groups in total. The second-order valence-corrected chi connectivity index (χ2v) is 3.33. The van der Waals surface area contributed by atoms with Crippen molar-refractivity contribution in [2.45, 2.75) is 19.8 Å². The molecule has 0 saturated carbocycles. The number of alkyl halides is 1. The minimum absolute atomic E-state index is 0.356. The molecule has 0 aliphatic heterocycles. The lowest BCUT2D eigenvalue weighted by molar-refractivity contribution is 0.286. The van der Waals surface area contributed by atoms with Crippen LogP contribution in [0.4, 0.5) is 4.39 Å². The first-order valence-corrected chi connectivity index (χ1v) is 5.13. The maximum atomic E-state index is 11.9. The Labute approximate surface area is 89.5 Å². The van der Waals surface area contributed by atoms with E-state index in [2.05, 4.69) is 4.98 Å². The molecule has 84 valence electrons. The van der Waals surface area contributed by atoms with Gasteiger partial charge in [-0.2, -0.15) is 0 Å². The molecular weight excluding hydrogens is 195 g/mol. The number of aromatic nitrogens is 1. The van der Waals surface area contributed by atoms with Gasteiger partial charge in [0.05, 0.1) is 19.0 Å². The fourth-order valence-electron chi connectivity index (χ4n) is 1.28. The zero-order valence-electron chi connectivity index (χ0n) is 9.00. The molecule has 1 aromatic rings. The number of halogens is 1. The number of pyridine rings is 1. The van der Waals surface area contributed by atoms with Crippen LogP contribution in [0.1, 0.15) is 17.8 Å². The monoisotopic (exact) mass is 212 g/mol. The molecule has 0 spiro atoms. The number of ether oxygens (including phenoxy) is 1. The molecule has 0 unspecified atom stereocenters. The van der Waals surface area contributed by atoms with Crippen LogP contribution < -0.4 is 10.5 Å². The van der Waals surface area contributed by atoms with E-state index in [1.807, 2.05) is 19.1 Å². The summed E-state index contributed by atoms with van der Waals surface area (Å²) in [6, 6.07) is 3.75. The SMILES string of the molecule is Cc1ccc(OCCCF)c(CCN)n1. The van der Waals surface area contributed by atoms with Crippen molar-refractivity contribution in [1.82, 2.24) is 4.98 Å². The van der Waals surface area contributed by atoms with Gasteiger partial charge in [-0.1, -0.05) is 0 Å². The maximum absolute atomic E-state index is 11.9. The van der Waals surface area contributed by atoms with Crippen molar-refractivity contribution in [2.24, 2.45) is 5.73 Å². The quantitative estimate of drug-likeness (QED) is 0.729. The molecule has 4 heteroatoms. The van der Waals surface area contributed by atoms with Crippen LogP contribution in [-0.4, -0.2) is 24.8 Å². The van der Waals surface area contributed by atoms with Gasteiger partial charge in [0.2, 0.25) is 0 Å². The second kappa shape index (κ2) is 6.35. The van der Waals surface area contributed by atoms with Crippen LogP contribution in [0, 0.1) is 6.92 Å². The second-order valence-electron chi connectivity index (χ2n) is 3.33. The zero-order chi connectivity index (χ0) is 11.1. The van der Waals surface area contributed by atoms with Gasteiger partial charge in [0, 0.05) is 18.5 Å². The molecule has 0 aliphatic carbocycles. The molecule has 1 aromatic heterocycles. The highest BCUT2D eigenvalue weighted by Gasteiger charge is 2.04. The third-order valence-electron chi connectivity index (χ3n) is 1.99. The molecule has 0 radical (unpaired) electrons. The smallest absolute Gasteiger partial charge is 0.140 e. The average Bonchev–Trinajstić information content (AvgIpc) is 2.22. The number of hydrogen-bond acceptors (Lipinski definition) is 3. The molecule has 3 nitrogen and oxygen atoms in total. The molecule has 1 heterocycles. The molecule has 15 heavy (non-hydrogen) atoms. The molecule has 0 atom stereocenters. The van der Waals surface area contributed by atoms with E-state index in [4.69, 9.17) is 10.5 Å². The van der Waals surface area contributed by atoms with Gasteiger partial charge in [-0.05, 0) is 25.6 Å². The standard InChI is InChI=1S/C11H17FN2O/c1-9-3-4-11(15-8-2-6-12)10(14-9)5-7-13/h3-4H,2,5-8,13H2,1H3. The van der Waals surface area contributed by atoms with Crippen molar-refractivity contribution in [3.05, 3.63) is 23.5 Å². The topological polar surface area (TPSA) is 48.1 Å². The first-order valence-electron chi connectivity index (χ1n) is 5.13. The number of rotatable bonds is 6. The van der Waals surface area contributed by atoms with Crippen molar-refractivity contribution in [3.8, 4) is 5.75 Å². The summed E-state index contributed by atoms with van der Waals surface area (Å²) in [5, 5.41) is 0. The average molecular weight is 212 g/mol. The van der Waals surface area contributed by atoms with E-state index in [0.717, 1.165) is 17.1 Å². The van der Waals surface area contributed by atoms with E-state index < -0.39 is 0 Å². The Balaban J connectivity index is 2.67. The third kappa shape index (κ3) is 3.83. The Morgan fingerprint density at radius 3 is 2.93 bits per heavy atom. The van der Waals surface area contributed by atoms with Crippen LogP contribution in [0.3, 0.4) is 0 Å². The van der Waals surface area contributed by atoms with Crippen LogP contribution >= 0.6 is 0 Å².